The zero-order valence-electron chi connectivity index (χ0n) is 25.9. The molecule has 0 aromatic carbocycles. The van der Waals surface area contributed by atoms with Crippen molar-refractivity contribution in [2.24, 2.45) is 5.92 Å². The third kappa shape index (κ3) is 26.7. The van der Waals surface area contributed by atoms with Gasteiger partial charge in [-0.2, -0.15) is 0 Å². The smallest absolute Gasteiger partial charge is 0.201 e. The summed E-state index contributed by atoms with van der Waals surface area (Å²) in [5.41, 5.74) is 0. The van der Waals surface area contributed by atoms with E-state index in [2.05, 4.69) is 13.8 Å². The zero-order valence-corrected chi connectivity index (χ0v) is 25.9. The summed E-state index contributed by atoms with van der Waals surface area (Å²) in [6.45, 7) is 5.82. The Morgan fingerprint density at radius 3 is 0.892 bits per heavy atom. The van der Waals surface area contributed by atoms with Gasteiger partial charge in [0.05, 0.1) is 0 Å². The topological polar surface area (TPSA) is 34.1 Å². The summed E-state index contributed by atoms with van der Waals surface area (Å²) >= 11 is 0. The van der Waals surface area contributed by atoms with E-state index in [1.165, 1.54) is 167 Å². The SMILES string of the molecule is CCCCCCCCCCCCCCCCCCCCCCCCCCCCC(CCC)C(=O)C(C)=O. The van der Waals surface area contributed by atoms with Gasteiger partial charge in [-0.05, 0) is 12.8 Å². The number of hydrogen-bond donors (Lipinski definition) is 0. The summed E-state index contributed by atoms with van der Waals surface area (Å²) in [7, 11) is 0. The van der Waals surface area contributed by atoms with Crippen molar-refractivity contribution < 1.29 is 9.59 Å². The van der Waals surface area contributed by atoms with Crippen LogP contribution in [0.1, 0.15) is 207 Å². The van der Waals surface area contributed by atoms with E-state index in [1.54, 1.807) is 0 Å². The van der Waals surface area contributed by atoms with Gasteiger partial charge in [-0.3, -0.25) is 9.59 Å². The van der Waals surface area contributed by atoms with Gasteiger partial charge < -0.3 is 0 Å². The van der Waals surface area contributed by atoms with Crippen molar-refractivity contribution in [2.45, 2.75) is 207 Å². The molecule has 0 fully saturated rings. The molecule has 0 aliphatic heterocycles. The molecule has 0 saturated carbocycles. The van der Waals surface area contributed by atoms with Crippen LogP contribution in [-0.2, 0) is 9.59 Å². The van der Waals surface area contributed by atoms with Gasteiger partial charge >= 0.3 is 0 Å². The van der Waals surface area contributed by atoms with E-state index < -0.39 is 0 Å². The second-order valence-electron chi connectivity index (χ2n) is 12.0. The van der Waals surface area contributed by atoms with Crippen LogP contribution in [0.15, 0.2) is 0 Å². The van der Waals surface area contributed by atoms with Crippen LogP contribution in [0.5, 0.6) is 0 Å². The molecule has 37 heavy (non-hydrogen) atoms. The van der Waals surface area contributed by atoms with Crippen molar-refractivity contribution >= 4 is 11.6 Å². The fourth-order valence-electron chi connectivity index (χ4n) is 5.75. The van der Waals surface area contributed by atoms with E-state index in [4.69, 9.17) is 0 Å². The molecule has 0 bridgehead atoms. The summed E-state index contributed by atoms with van der Waals surface area (Å²) in [5, 5.41) is 0. The first-order valence-corrected chi connectivity index (χ1v) is 17.2. The van der Waals surface area contributed by atoms with Crippen LogP contribution in [-0.4, -0.2) is 11.6 Å². The number of ketones is 2. The largest absolute Gasteiger partial charge is 0.291 e. The van der Waals surface area contributed by atoms with Crippen LogP contribution >= 0.6 is 0 Å². The van der Waals surface area contributed by atoms with Crippen molar-refractivity contribution in [3.8, 4) is 0 Å². The molecule has 0 aromatic rings. The van der Waals surface area contributed by atoms with Crippen molar-refractivity contribution in [1.29, 1.82) is 0 Å². The Hall–Kier alpha value is -0.660. The van der Waals surface area contributed by atoms with Crippen LogP contribution in [0.4, 0.5) is 0 Å². The molecule has 0 radical (unpaired) electrons. The molecule has 2 nitrogen and oxygen atoms in total. The van der Waals surface area contributed by atoms with Crippen LogP contribution in [0.25, 0.3) is 0 Å². The predicted octanol–water partition coefficient (Wildman–Crippen LogP) is 12.1. The maximum Gasteiger partial charge on any atom is 0.201 e. The Morgan fingerprint density at radius 1 is 0.378 bits per heavy atom. The van der Waals surface area contributed by atoms with E-state index in [0.717, 1.165) is 25.7 Å². The lowest BCUT2D eigenvalue weighted by atomic mass is 9.90. The van der Waals surface area contributed by atoms with Crippen LogP contribution in [0.3, 0.4) is 0 Å². The molecule has 0 aliphatic carbocycles. The van der Waals surface area contributed by atoms with Crippen molar-refractivity contribution in [3.05, 3.63) is 0 Å². The Balaban J connectivity index is 3.21. The van der Waals surface area contributed by atoms with Crippen LogP contribution in [0, 0.1) is 5.92 Å². The average Bonchev–Trinajstić information content (AvgIpc) is 2.89. The number of rotatable bonds is 31. The van der Waals surface area contributed by atoms with Crippen molar-refractivity contribution in [1.82, 2.24) is 0 Å². The van der Waals surface area contributed by atoms with Gasteiger partial charge in [-0.1, -0.05) is 187 Å². The lowest BCUT2D eigenvalue weighted by Crippen LogP contribution is -2.21. The number of carbonyl (C=O) groups excluding carboxylic acids is 2. The number of Topliss-reactive ketones (excluding diaryl/α,β-unsaturated/α-hetero) is 2. The van der Waals surface area contributed by atoms with Gasteiger partial charge in [-0.25, -0.2) is 0 Å². The molecule has 0 rings (SSSR count). The normalized spacial score (nSPS) is 12.2. The molecular formula is C35H68O2. The first kappa shape index (κ1) is 36.3. The summed E-state index contributed by atoms with van der Waals surface area (Å²) in [6, 6.07) is 0. The first-order valence-electron chi connectivity index (χ1n) is 17.2. The third-order valence-corrected chi connectivity index (χ3v) is 8.26. The summed E-state index contributed by atoms with van der Waals surface area (Å²) in [6.07, 6.45) is 39.4. The molecule has 220 valence electrons. The molecule has 0 amide bonds. The summed E-state index contributed by atoms with van der Waals surface area (Å²) in [4.78, 5) is 23.3. The van der Waals surface area contributed by atoms with E-state index in [9.17, 15) is 9.59 Å². The molecule has 2 heteroatoms. The molecule has 0 aromatic heterocycles. The fourth-order valence-corrected chi connectivity index (χ4v) is 5.75. The summed E-state index contributed by atoms with van der Waals surface area (Å²) < 4.78 is 0. The summed E-state index contributed by atoms with van der Waals surface area (Å²) in [5.74, 6) is -0.411. The maximum atomic E-state index is 12.0. The maximum absolute atomic E-state index is 12.0. The van der Waals surface area contributed by atoms with Gasteiger partial charge in [0.25, 0.3) is 0 Å². The van der Waals surface area contributed by atoms with Gasteiger partial charge in [-0.15, -0.1) is 0 Å². The Bertz CT molecular complexity index is 484. The Morgan fingerprint density at radius 2 is 0.649 bits per heavy atom. The molecule has 0 heterocycles. The minimum atomic E-state index is -0.256. The Kier molecular flexibility index (Phi) is 29.4. The van der Waals surface area contributed by atoms with E-state index >= 15 is 0 Å². The molecule has 0 spiro atoms. The van der Waals surface area contributed by atoms with E-state index in [0.29, 0.717) is 0 Å². The second kappa shape index (κ2) is 29.9. The number of carbonyl (C=O) groups is 2. The lowest BCUT2D eigenvalue weighted by Gasteiger charge is -2.12. The van der Waals surface area contributed by atoms with Gasteiger partial charge in [0.1, 0.15) is 0 Å². The highest BCUT2D eigenvalue weighted by molar-refractivity contribution is 6.37. The molecular weight excluding hydrogens is 452 g/mol. The van der Waals surface area contributed by atoms with Gasteiger partial charge in [0.2, 0.25) is 5.78 Å². The molecule has 0 N–H and O–H groups in total. The van der Waals surface area contributed by atoms with E-state index in [1.807, 2.05) is 0 Å². The van der Waals surface area contributed by atoms with Crippen LogP contribution in [0.2, 0.25) is 0 Å². The van der Waals surface area contributed by atoms with Crippen LogP contribution < -0.4 is 0 Å². The van der Waals surface area contributed by atoms with Crippen molar-refractivity contribution in [2.75, 3.05) is 0 Å². The monoisotopic (exact) mass is 521 g/mol. The minimum Gasteiger partial charge on any atom is -0.291 e. The number of unbranched alkanes of at least 4 members (excludes halogenated alkanes) is 25. The standard InChI is InChI=1S/C35H68O2/c1-4-6-7-8-9-10-11-12-13-14-15-16-17-18-19-20-21-22-23-24-25-26-27-28-29-30-32-34(31-5-2)35(37)33(3)36/h34H,4-32H2,1-3H3. The van der Waals surface area contributed by atoms with Gasteiger partial charge in [0.15, 0.2) is 5.78 Å². The zero-order chi connectivity index (χ0) is 27.2. The lowest BCUT2D eigenvalue weighted by molar-refractivity contribution is -0.138. The first-order chi connectivity index (χ1) is 18.1. The highest BCUT2D eigenvalue weighted by Crippen LogP contribution is 2.19. The minimum absolute atomic E-state index is 0.0168. The fraction of sp³-hybridized carbons (Fsp3) is 0.943. The third-order valence-electron chi connectivity index (χ3n) is 8.26. The molecule has 0 aliphatic rings. The molecule has 0 saturated heterocycles. The second-order valence-corrected chi connectivity index (χ2v) is 12.0. The average molecular weight is 521 g/mol. The van der Waals surface area contributed by atoms with Crippen molar-refractivity contribution in [3.63, 3.8) is 0 Å². The number of hydrogen-bond acceptors (Lipinski definition) is 2. The highest BCUT2D eigenvalue weighted by atomic mass is 16.2. The van der Waals surface area contributed by atoms with Gasteiger partial charge in [0, 0.05) is 12.8 Å². The molecule has 1 atom stereocenters. The highest BCUT2D eigenvalue weighted by Gasteiger charge is 2.20. The quantitative estimate of drug-likeness (QED) is 0.0672. The predicted molar refractivity (Wildman–Crippen MR) is 164 cm³/mol. The molecule has 1 unspecified atom stereocenters. The Labute approximate surface area is 233 Å². The van der Waals surface area contributed by atoms with E-state index in [-0.39, 0.29) is 17.5 Å².